The van der Waals surface area contributed by atoms with E-state index in [-0.39, 0.29) is 6.10 Å². The molecule has 11 heavy (non-hydrogen) atoms. The van der Waals surface area contributed by atoms with Crippen LogP contribution in [-0.4, -0.2) is 35.7 Å². The third-order valence-electron chi connectivity index (χ3n) is 2.47. The van der Waals surface area contributed by atoms with Gasteiger partial charge in [0.1, 0.15) is 0 Å². The summed E-state index contributed by atoms with van der Waals surface area (Å²) in [5, 5.41) is 9.02. The quantitative estimate of drug-likeness (QED) is 0.660. The molecule has 1 aliphatic heterocycles. The standard InChI is InChI=1S/C9H19NO/c1-3-9-6-10(7-9)5-4-8(2)11/h8-9,11H,3-7H2,1-2H3. The lowest BCUT2D eigenvalue weighted by Gasteiger charge is -2.39. The van der Waals surface area contributed by atoms with E-state index in [9.17, 15) is 0 Å². The van der Waals surface area contributed by atoms with Crippen LogP contribution in [-0.2, 0) is 0 Å². The van der Waals surface area contributed by atoms with E-state index in [4.69, 9.17) is 5.11 Å². The Labute approximate surface area is 69.2 Å². The van der Waals surface area contributed by atoms with Crippen LogP contribution in [0.3, 0.4) is 0 Å². The molecule has 1 heterocycles. The first kappa shape index (κ1) is 9.01. The van der Waals surface area contributed by atoms with Gasteiger partial charge in [-0.3, -0.25) is 0 Å². The summed E-state index contributed by atoms with van der Waals surface area (Å²) in [5.41, 5.74) is 0. The van der Waals surface area contributed by atoms with Crippen molar-refractivity contribution in [2.45, 2.75) is 32.8 Å². The normalized spacial score (nSPS) is 23.2. The molecule has 0 spiro atoms. The van der Waals surface area contributed by atoms with Gasteiger partial charge in [-0.1, -0.05) is 13.3 Å². The van der Waals surface area contributed by atoms with Gasteiger partial charge >= 0.3 is 0 Å². The Morgan fingerprint density at radius 3 is 2.64 bits per heavy atom. The lowest BCUT2D eigenvalue weighted by atomic mass is 9.97. The average Bonchev–Trinajstić information content (AvgIpc) is 1.84. The predicted molar refractivity (Wildman–Crippen MR) is 46.5 cm³/mol. The topological polar surface area (TPSA) is 23.5 Å². The molecule has 0 aromatic rings. The van der Waals surface area contributed by atoms with E-state index in [1.807, 2.05) is 6.92 Å². The molecule has 1 unspecified atom stereocenters. The van der Waals surface area contributed by atoms with Crippen LogP contribution in [0.25, 0.3) is 0 Å². The molecule has 0 radical (unpaired) electrons. The number of hydrogen-bond donors (Lipinski definition) is 1. The Hall–Kier alpha value is -0.0800. The third-order valence-corrected chi connectivity index (χ3v) is 2.47. The van der Waals surface area contributed by atoms with Gasteiger partial charge in [0.15, 0.2) is 0 Å². The molecule has 1 rings (SSSR count). The van der Waals surface area contributed by atoms with E-state index in [0.29, 0.717) is 0 Å². The number of nitrogens with zero attached hydrogens (tertiary/aromatic N) is 1. The maximum atomic E-state index is 9.02. The molecule has 1 N–H and O–H groups in total. The number of aliphatic hydroxyl groups is 1. The van der Waals surface area contributed by atoms with Crippen molar-refractivity contribution >= 4 is 0 Å². The van der Waals surface area contributed by atoms with Crippen LogP contribution in [0.4, 0.5) is 0 Å². The Balaban J connectivity index is 1.96. The van der Waals surface area contributed by atoms with Crippen LogP contribution in [0.1, 0.15) is 26.7 Å². The maximum Gasteiger partial charge on any atom is 0.0524 e. The minimum atomic E-state index is -0.129. The fourth-order valence-electron chi connectivity index (χ4n) is 1.49. The van der Waals surface area contributed by atoms with Crippen molar-refractivity contribution in [3.63, 3.8) is 0 Å². The van der Waals surface area contributed by atoms with Crippen LogP contribution in [0.15, 0.2) is 0 Å². The molecule has 0 aliphatic carbocycles. The van der Waals surface area contributed by atoms with Crippen LogP contribution in [0, 0.1) is 5.92 Å². The van der Waals surface area contributed by atoms with Crippen molar-refractivity contribution in [2.75, 3.05) is 19.6 Å². The van der Waals surface area contributed by atoms with Gasteiger partial charge in [0.05, 0.1) is 6.10 Å². The van der Waals surface area contributed by atoms with E-state index in [0.717, 1.165) is 18.9 Å². The first-order valence-corrected chi connectivity index (χ1v) is 4.62. The van der Waals surface area contributed by atoms with Crippen molar-refractivity contribution in [1.29, 1.82) is 0 Å². The molecule has 66 valence electrons. The zero-order valence-electron chi connectivity index (χ0n) is 7.58. The fraction of sp³-hybridized carbons (Fsp3) is 1.00. The average molecular weight is 157 g/mol. The number of likely N-dealkylation sites (tertiary alicyclic amines) is 1. The minimum absolute atomic E-state index is 0.129. The summed E-state index contributed by atoms with van der Waals surface area (Å²) in [6.07, 6.45) is 2.11. The maximum absolute atomic E-state index is 9.02. The number of rotatable bonds is 4. The first-order chi connectivity index (χ1) is 5.22. The van der Waals surface area contributed by atoms with Crippen LogP contribution < -0.4 is 0 Å². The molecule has 0 amide bonds. The second-order valence-electron chi connectivity index (χ2n) is 3.67. The highest BCUT2D eigenvalue weighted by Gasteiger charge is 2.24. The summed E-state index contributed by atoms with van der Waals surface area (Å²) < 4.78 is 0. The third kappa shape index (κ3) is 2.80. The molecule has 0 saturated carbocycles. The molecule has 0 aromatic carbocycles. The Morgan fingerprint density at radius 2 is 2.18 bits per heavy atom. The smallest absolute Gasteiger partial charge is 0.0524 e. The summed E-state index contributed by atoms with van der Waals surface area (Å²) in [5.74, 6) is 0.934. The van der Waals surface area contributed by atoms with Crippen molar-refractivity contribution in [3.05, 3.63) is 0 Å². The van der Waals surface area contributed by atoms with Crippen LogP contribution in [0.5, 0.6) is 0 Å². The summed E-state index contributed by atoms with van der Waals surface area (Å²) in [6.45, 7) is 7.69. The highest BCUT2D eigenvalue weighted by atomic mass is 16.3. The van der Waals surface area contributed by atoms with Gasteiger partial charge in [0, 0.05) is 19.6 Å². The Bertz CT molecular complexity index is 108. The Kier molecular flexibility index (Phi) is 3.34. The zero-order valence-corrected chi connectivity index (χ0v) is 7.58. The molecule has 1 aliphatic rings. The molecular formula is C9H19NO. The van der Waals surface area contributed by atoms with Gasteiger partial charge < -0.3 is 10.0 Å². The van der Waals surface area contributed by atoms with Crippen LogP contribution >= 0.6 is 0 Å². The fourth-order valence-corrected chi connectivity index (χ4v) is 1.49. The summed E-state index contributed by atoms with van der Waals surface area (Å²) >= 11 is 0. The van der Waals surface area contributed by atoms with E-state index in [1.165, 1.54) is 19.5 Å². The zero-order chi connectivity index (χ0) is 8.27. The molecule has 0 bridgehead atoms. The first-order valence-electron chi connectivity index (χ1n) is 4.62. The largest absolute Gasteiger partial charge is 0.393 e. The minimum Gasteiger partial charge on any atom is -0.393 e. The van der Waals surface area contributed by atoms with Gasteiger partial charge in [0.25, 0.3) is 0 Å². The van der Waals surface area contributed by atoms with E-state index >= 15 is 0 Å². The molecular weight excluding hydrogens is 138 g/mol. The number of aliphatic hydroxyl groups excluding tert-OH is 1. The molecule has 1 fully saturated rings. The summed E-state index contributed by atoms with van der Waals surface area (Å²) in [7, 11) is 0. The monoisotopic (exact) mass is 157 g/mol. The van der Waals surface area contributed by atoms with Crippen molar-refractivity contribution < 1.29 is 5.11 Å². The summed E-state index contributed by atoms with van der Waals surface area (Å²) in [6, 6.07) is 0. The van der Waals surface area contributed by atoms with Gasteiger partial charge in [-0.2, -0.15) is 0 Å². The molecule has 2 nitrogen and oxygen atoms in total. The molecule has 1 atom stereocenters. The van der Waals surface area contributed by atoms with Gasteiger partial charge in [0.2, 0.25) is 0 Å². The molecule has 1 saturated heterocycles. The highest BCUT2D eigenvalue weighted by Crippen LogP contribution is 2.18. The summed E-state index contributed by atoms with van der Waals surface area (Å²) in [4.78, 5) is 2.42. The van der Waals surface area contributed by atoms with Crippen molar-refractivity contribution in [2.24, 2.45) is 5.92 Å². The SMILES string of the molecule is CCC1CN(CCC(C)O)C1. The van der Waals surface area contributed by atoms with Gasteiger partial charge in [-0.05, 0) is 19.3 Å². The van der Waals surface area contributed by atoms with Gasteiger partial charge in [-0.25, -0.2) is 0 Å². The molecule has 0 aromatic heterocycles. The van der Waals surface area contributed by atoms with E-state index < -0.39 is 0 Å². The van der Waals surface area contributed by atoms with Gasteiger partial charge in [-0.15, -0.1) is 0 Å². The lowest BCUT2D eigenvalue weighted by Crippen LogP contribution is -2.47. The predicted octanol–water partition coefficient (Wildman–Crippen LogP) is 1.10. The molecule has 2 heteroatoms. The highest BCUT2D eigenvalue weighted by molar-refractivity contribution is 4.78. The van der Waals surface area contributed by atoms with Crippen LogP contribution in [0.2, 0.25) is 0 Å². The second-order valence-corrected chi connectivity index (χ2v) is 3.67. The lowest BCUT2D eigenvalue weighted by molar-refractivity contribution is 0.0754. The van der Waals surface area contributed by atoms with E-state index in [2.05, 4.69) is 11.8 Å². The van der Waals surface area contributed by atoms with Crippen molar-refractivity contribution in [3.8, 4) is 0 Å². The number of hydrogen-bond acceptors (Lipinski definition) is 2. The second kappa shape index (κ2) is 4.07. The Morgan fingerprint density at radius 1 is 1.55 bits per heavy atom. The van der Waals surface area contributed by atoms with Crippen molar-refractivity contribution in [1.82, 2.24) is 4.90 Å². The van der Waals surface area contributed by atoms with E-state index in [1.54, 1.807) is 0 Å².